The largest absolute Gasteiger partial charge is 0.468 e. The first kappa shape index (κ1) is 12.7. The lowest BCUT2D eigenvalue weighted by molar-refractivity contribution is 0.0525. The lowest BCUT2D eigenvalue weighted by Crippen LogP contribution is -2.28. The summed E-state index contributed by atoms with van der Waals surface area (Å²) in [4.78, 5) is 11.8. The van der Waals surface area contributed by atoms with E-state index in [0.29, 0.717) is 42.0 Å². The third-order valence-electron chi connectivity index (χ3n) is 3.06. The fourth-order valence-electron chi connectivity index (χ4n) is 2.33. The van der Waals surface area contributed by atoms with Gasteiger partial charge in [0.2, 0.25) is 0 Å². The molecule has 1 aromatic heterocycles. The molecule has 0 amide bonds. The fourth-order valence-corrected chi connectivity index (χ4v) is 2.33. The zero-order valence-electron chi connectivity index (χ0n) is 10.8. The normalized spacial score (nSPS) is 19.6. The smallest absolute Gasteiger partial charge is 0.342 e. The molecule has 2 rings (SSSR count). The van der Waals surface area contributed by atoms with Gasteiger partial charge >= 0.3 is 5.97 Å². The maximum Gasteiger partial charge on any atom is 0.342 e. The zero-order valence-corrected chi connectivity index (χ0v) is 10.8. The van der Waals surface area contributed by atoms with Crippen LogP contribution in [0.1, 0.15) is 48.9 Å². The Morgan fingerprint density at radius 1 is 1.56 bits per heavy atom. The van der Waals surface area contributed by atoms with Gasteiger partial charge in [0.15, 0.2) is 0 Å². The van der Waals surface area contributed by atoms with Gasteiger partial charge in [-0.15, -0.1) is 0 Å². The van der Waals surface area contributed by atoms with Crippen LogP contribution >= 0.6 is 0 Å². The van der Waals surface area contributed by atoms with Gasteiger partial charge in [0, 0.05) is 6.42 Å². The van der Waals surface area contributed by atoms with E-state index in [1.54, 1.807) is 6.92 Å². The molecular weight excluding hydrogens is 234 g/mol. The molecule has 0 aliphatic heterocycles. The van der Waals surface area contributed by atoms with E-state index < -0.39 is 5.97 Å². The van der Waals surface area contributed by atoms with Crippen molar-refractivity contribution in [1.29, 1.82) is 0 Å². The van der Waals surface area contributed by atoms with Crippen molar-refractivity contribution in [2.24, 2.45) is 10.6 Å². The first-order valence-electron chi connectivity index (χ1n) is 5.97. The summed E-state index contributed by atoms with van der Waals surface area (Å²) in [6, 6.07) is 0. The van der Waals surface area contributed by atoms with E-state index in [2.05, 4.69) is 19.0 Å². The Labute approximate surface area is 105 Å². The molecule has 0 saturated heterocycles. The van der Waals surface area contributed by atoms with E-state index in [9.17, 15) is 4.79 Å². The van der Waals surface area contributed by atoms with Crippen LogP contribution in [0.25, 0.3) is 0 Å². The maximum absolute atomic E-state index is 11.8. The number of esters is 1. The predicted octanol–water partition coefficient (Wildman–Crippen LogP) is 2.61. The molecule has 5 nitrogen and oxygen atoms in total. The molecule has 98 valence electrons. The Morgan fingerprint density at radius 3 is 2.89 bits per heavy atom. The molecule has 0 fully saturated rings. The van der Waals surface area contributed by atoms with Crippen LogP contribution in [0.2, 0.25) is 0 Å². The minimum Gasteiger partial charge on any atom is -0.468 e. The minimum atomic E-state index is -0.441. The fraction of sp³-hybridized carbons (Fsp3) is 0.538. The number of furan rings is 1. The molecule has 0 spiro atoms. The highest BCUT2D eigenvalue weighted by molar-refractivity contribution is 6.10. The number of oxime groups is 1. The maximum atomic E-state index is 11.8. The number of rotatable bonds is 2. The van der Waals surface area contributed by atoms with Crippen LogP contribution in [0.15, 0.2) is 15.8 Å². The summed E-state index contributed by atoms with van der Waals surface area (Å²) < 4.78 is 10.4. The number of nitrogens with zero attached hydrogens (tertiary/aromatic N) is 1. The second-order valence-corrected chi connectivity index (χ2v) is 5.23. The molecule has 0 unspecified atom stereocenters. The average Bonchev–Trinajstić information content (AvgIpc) is 2.70. The lowest BCUT2D eigenvalue weighted by Gasteiger charge is -2.28. The SMILES string of the molecule is CCOC(=O)c1coc2c1C(=NO)CC(C)(C)C2. The van der Waals surface area contributed by atoms with Gasteiger partial charge in [-0.3, -0.25) is 0 Å². The van der Waals surface area contributed by atoms with Gasteiger partial charge in [-0.2, -0.15) is 0 Å². The second kappa shape index (κ2) is 4.48. The molecule has 5 heteroatoms. The molecular formula is C13H17NO4. The number of ether oxygens (including phenoxy) is 1. The first-order chi connectivity index (χ1) is 8.48. The van der Waals surface area contributed by atoms with E-state index in [1.165, 1.54) is 6.26 Å². The minimum absolute atomic E-state index is 0.0433. The molecule has 1 N–H and O–H groups in total. The monoisotopic (exact) mass is 251 g/mol. The third-order valence-corrected chi connectivity index (χ3v) is 3.06. The summed E-state index contributed by atoms with van der Waals surface area (Å²) in [5.41, 5.74) is 1.38. The summed E-state index contributed by atoms with van der Waals surface area (Å²) in [5, 5.41) is 12.4. The van der Waals surface area contributed by atoms with Crippen molar-refractivity contribution in [3.05, 3.63) is 23.2 Å². The van der Waals surface area contributed by atoms with Crippen molar-refractivity contribution >= 4 is 11.7 Å². The van der Waals surface area contributed by atoms with Crippen LogP contribution in [0.4, 0.5) is 0 Å². The lowest BCUT2D eigenvalue weighted by atomic mass is 9.75. The van der Waals surface area contributed by atoms with Crippen molar-refractivity contribution in [3.8, 4) is 0 Å². The van der Waals surface area contributed by atoms with Crippen LogP contribution in [0.3, 0.4) is 0 Å². The molecule has 1 heterocycles. The van der Waals surface area contributed by atoms with Gasteiger partial charge in [0.25, 0.3) is 0 Å². The summed E-state index contributed by atoms with van der Waals surface area (Å²) in [6.07, 6.45) is 2.69. The van der Waals surface area contributed by atoms with E-state index in [4.69, 9.17) is 14.4 Å². The van der Waals surface area contributed by atoms with E-state index in [1.807, 2.05) is 0 Å². The Bertz CT molecular complexity index is 499. The van der Waals surface area contributed by atoms with Crippen LogP contribution in [-0.2, 0) is 11.2 Å². The van der Waals surface area contributed by atoms with Crippen molar-refractivity contribution in [2.75, 3.05) is 6.61 Å². The Morgan fingerprint density at radius 2 is 2.28 bits per heavy atom. The number of carbonyl (C=O) groups excluding carboxylic acids is 1. The van der Waals surface area contributed by atoms with Crippen molar-refractivity contribution in [1.82, 2.24) is 0 Å². The predicted molar refractivity (Wildman–Crippen MR) is 65.1 cm³/mol. The molecule has 0 aromatic carbocycles. The molecule has 0 bridgehead atoms. The van der Waals surface area contributed by atoms with Crippen LogP contribution in [0, 0.1) is 5.41 Å². The second-order valence-electron chi connectivity index (χ2n) is 5.23. The molecule has 1 aliphatic carbocycles. The molecule has 1 aromatic rings. The van der Waals surface area contributed by atoms with Gasteiger partial charge in [-0.1, -0.05) is 19.0 Å². The van der Waals surface area contributed by atoms with Crippen LogP contribution in [0.5, 0.6) is 0 Å². The summed E-state index contributed by atoms with van der Waals surface area (Å²) in [6.45, 7) is 6.17. The Kier molecular flexibility index (Phi) is 3.15. The molecule has 0 radical (unpaired) electrons. The number of hydrogen-bond donors (Lipinski definition) is 1. The topological polar surface area (TPSA) is 72.0 Å². The van der Waals surface area contributed by atoms with Gasteiger partial charge in [-0.05, 0) is 18.8 Å². The van der Waals surface area contributed by atoms with Gasteiger partial charge in [-0.25, -0.2) is 4.79 Å². The first-order valence-corrected chi connectivity index (χ1v) is 5.97. The van der Waals surface area contributed by atoms with Crippen molar-refractivity contribution in [3.63, 3.8) is 0 Å². The summed E-state index contributed by atoms with van der Waals surface area (Å²) in [5.74, 6) is 0.241. The van der Waals surface area contributed by atoms with Gasteiger partial charge < -0.3 is 14.4 Å². The summed E-state index contributed by atoms with van der Waals surface area (Å²) in [7, 11) is 0. The summed E-state index contributed by atoms with van der Waals surface area (Å²) >= 11 is 0. The Hall–Kier alpha value is -1.78. The van der Waals surface area contributed by atoms with E-state index in [0.717, 1.165) is 0 Å². The highest BCUT2D eigenvalue weighted by Crippen LogP contribution is 2.37. The quantitative estimate of drug-likeness (QED) is 0.498. The van der Waals surface area contributed by atoms with Crippen molar-refractivity contribution in [2.45, 2.75) is 33.6 Å². The average molecular weight is 251 g/mol. The van der Waals surface area contributed by atoms with Gasteiger partial charge in [0.1, 0.15) is 17.6 Å². The standard InChI is InChI=1S/C13H17NO4/c1-4-17-12(15)8-7-18-10-6-13(2,3)5-9(14-16)11(8)10/h7,16H,4-6H2,1-3H3. The Balaban J connectivity index is 2.46. The van der Waals surface area contributed by atoms with Crippen molar-refractivity contribution < 1.29 is 19.2 Å². The molecule has 18 heavy (non-hydrogen) atoms. The number of carbonyl (C=O) groups is 1. The van der Waals surface area contributed by atoms with Crippen LogP contribution in [-0.4, -0.2) is 23.5 Å². The van der Waals surface area contributed by atoms with Gasteiger partial charge in [0.05, 0.1) is 17.9 Å². The highest BCUT2D eigenvalue weighted by Gasteiger charge is 2.36. The van der Waals surface area contributed by atoms with Crippen LogP contribution < -0.4 is 0 Å². The zero-order chi connectivity index (χ0) is 13.3. The van der Waals surface area contributed by atoms with E-state index in [-0.39, 0.29) is 5.41 Å². The number of fused-ring (bicyclic) bond motifs is 1. The molecule has 0 atom stereocenters. The van der Waals surface area contributed by atoms with E-state index >= 15 is 0 Å². The third kappa shape index (κ3) is 2.12. The number of hydrogen-bond acceptors (Lipinski definition) is 5. The molecule has 0 saturated carbocycles. The highest BCUT2D eigenvalue weighted by atomic mass is 16.5. The molecule has 1 aliphatic rings.